The normalized spacial score (nSPS) is 11.8. The Morgan fingerprint density at radius 1 is 0.966 bits per heavy atom. The quantitative estimate of drug-likeness (QED) is 0.476. The standard InChI is InChI=1S/C22H17N7/c1-28-12-16(14-6-4-8-24-22(14)28)18-9-20(23)29-21(26-18)10-19(27-29)15-11-25-17-7-3-2-5-13(15)17/h2-12,25H,23H2,1H3. The number of rotatable bonds is 2. The van der Waals surface area contributed by atoms with Gasteiger partial charge in [0.05, 0.1) is 11.4 Å². The van der Waals surface area contributed by atoms with Crippen molar-refractivity contribution in [3.63, 3.8) is 0 Å². The van der Waals surface area contributed by atoms with Crippen molar-refractivity contribution >= 4 is 33.4 Å². The number of fused-ring (bicyclic) bond motifs is 3. The van der Waals surface area contributed by atoms with Crippen LogP contribution < -0.4 is 5.73 Å². The first-order valence-corrected chi connectivity index (χ1v) is 9.32. The van der Waals surface area contributed by atoms with Crippen LogP contribution in [0.15, 0.2) is 67.1 Å². The van der Waals surface area contributed by atoms with Gasteiger partial charge in [0.25, 0.3) is 0 Å². The van der Waals surface area contributed by atoms with Crippen molar-refractivity contribution in [2.45, 2.75) is 0 Å². The van der Waals surface area contributed by atoms with E-state index in [0.29, 0.717) is 11.5 Å². The Bertz CT molecular complexity index is 1530. The molecular weight excluding hydrogens is 362 g/mol. The van der Waals surface area contributed by atoms with Crippen LogP contribution in [0.25, 0.3) is 50.1 Å². The second-order valence-corrected chi connectivity index (χ2v) is 7.14. The summed E-state index contributed by atoms with van der Waals surface area (Å²) in [6.07, 6.45) is 5.80. The van der Waals surface area contributed by atoms with Crippen LogP contribution in [0.5, 0.6) is 0 Å². The molecule has 0 bridgehead atoms. The molecule has 0 radical (unpaired) electrons. The van der Waals surface area contributed by atoms with Gasteiger partial charge in [-0.15, -0.1) is 0 Å². The highest BCUT2D eigenvalue weighted by Crippen LogP contribution is 2.32. The molecule has 0 saturated carbocycles. The molecule has 0 aliphatic heterocycles. The summed E-state index contributed by atoms with van der Waals surface area (Å²) >= 11 is 0. The van der Waals surface area contributed by atoms with Crippen molar-refractivity contribution in [1.82, 2.24) is 29.1 Å². The van der Waals surface area contributed by atoms with Crippen molar-refractivity contribution in [3.8, 4) is 22.5 Å². The molecule has 7 heteroatoms. The minimum atomic E-state index is 0.539. The van der Waals surface area contributed by atoms with E-state index in [1.54, 1.807) is 10.7 Å². The number of aromatic nitrogens is 6. The van der Waals surface area contributed by atoms with Gasteiger partial charge >= 0.3 is 0 Å². The first-order valence-electron chi connectivity index (χ1n) is 9.32. The lowest BCUT2D eigenvalue weighted by molar-refractivity contribution is 0.946. The summed E-state index contributed by atoms with van der Waals surface area (Å²) in [5, 5.41) is 6.86. The molecule has 140 valence electrons. The monoisotopic (exact) mass is 379 g/mol. The molecule has 5 heterocycles. The molecular formula is C22H17N7. The highest BCUT2D eigenvalue weighted by molar-refractivity contribution is 5.96. The van der Waals surface area contributed by atoms with Gasteiger partial charge < -0.3 is 15.3 Å². The highest BCUT2D eigenvalue weighted by Gasteiger charge is 2.16. The Morgan fingerprint density at radius 3 is 2.76 bits per heavy atom. The number of pyridine rings is 1. The van der Waals surface area contributed by atoms with Gasteiger partial charge in [-0.1, -0.05) is 18.2 Å². The molecule has 0 spiro atoms. The van der Waals surface area contributed by atoms with Gasteiger partial charge in [-0.3, -0.25) is 0 Å². The molecule has 0 aliphatic rings. The minimum Gasteiger partial charge on any atom is -0.384 e. The lowest BCUT2D eigenvalue weighted by Crippen LogP contribution is -2.01. The number of hydrogen-bond acceptors (Lipinski definition) is 4. The summed E-state index contributed by atoms with van der Waals surface area (Å²) in [5.74, 6) is 0.539. The number of anilines is 1. The maximum Gasteiger partial charge on any atom is 0.158 e. The summed E-state index contributed by atoms with van der Waals surface area (Å²) in [4.78, 5) is 12.6. The Kier molecular flexibility index (Phi) is 3.11. The van der Waals surface area contributed by atoms with Crippen LogP contribution in [0.4, 0.5) is 5.82 Å². The molecule has 7 nitrogen and oxygen atoms in total. The molecule has 0 unspecified atom stereocenters. The average Bonchev–Trinajstić information content (AvgIpc) is 3.43. The van der Waals surface area contributed by atoms with Crippen LogP contribution in [0.1, 0.15) is 0 Å². The molecule has 3 N–H and O–H groups in total. The Hall–Kier alpha value is -4.13. The molecule has 29 heavy (non-hydrogen) atoms. The van der Waals surface area contributed by atoms with Crippen LogP contribution in [-0.2, 0) is 7.05 Å². The van der Waals surface area contributed by atoms with E-state index < -0.39 is 0 Å². The van der Waals surface area contributed by atoms with Crippen LogP contribution in [0.2, 0.25) is 0 Å². The third kappa shape index (κ3) is 2.27. The maximum atomic E-state index is 6.35. The zero-order chi connectivity index (χ0) is 19.5. The van der Waals surface area contributed by atoms with E-state index in [4.69, 9.17) is 15.8 Å². The van der Waals surface area contributed by atoms with Gasteiger partial charge in [-0.25, -0.2) is 9.97 Å². The van der Waals surface area contributed by atoms with E-state index in [-0.39, 0.29) is 0 Å². The highest BCUT2D eigenvalue weighted by atomic mass is 15.3. The molecule has 0 fully saturated rings. The van der Waals surface area contributed by atoms with Crippen LogP contribution in [-0.4, -0.2) is 29.1 Å². The van der Waals surface area contributed by atoms with Crippen LogP contribution in [0, 0.1) is 0 Å². The molecule has 5 aromatic heterocycles. The Labute approximate surface area is 165 Å². The fourth-order valence-corrected chi connectivity index (χ4v) is 3.97. The number of aromatic amines is 1. The Balaban J connectivity index is 1.56. The van der Waals surface area contributed by atoms with Crippen molar-refractivity contribution < 1.29 is 0 Å². The van der Waals surface area contributed by atoms with Gasteiger partial charge in [0.1, 0.15) is 11.5 Å². The molecule has 0 amide bonds. The summed E-state index contributed by atoms with van der Waals surface area (Å²) < 4.78 is 3.68. The predicted molar refractivity (Wildman–Crippen MR) is 114 cm³/mol. The van der Waals surface area contributed by atoms with Crippen LogP contribution in [0.3, 0.4) is 0 Å². The summed E-state index contributed by atoms with van der Waals surface area (Å²) in [7, 11) is 1.98. The molecule has 6 aromatic rings. The average molecular weight is 379 g/mol. The van der Waals surface area contributed by atoms with Crippen molar-refractivity contribution in [3.05, 3.63) is 67.1 Å². The number of para-hydroxylation sites is 1. The molecule has 0 aliphatic carbocycles. The van der Waals surface area contributed by atoms with Gasteiger partial charge in [-0.05, 0) is 18.2 Å². The number of nitrogen functional groups attached to an aromatic ring is 1. The third-order valence-electron chi connectivity index (χ3n) is 5.33. The summed E-state index contributed by atoms with van der Waals surface area (Å²) in [6.45, 7) is 0. The van der Waals surface area contributed by atoms with E-state index >= 15 is 0 Å². The number of H-pyrrole nitrogens is 1. The topological polar surface area (TPSA) is 89.8 Å². The first kappa shape index (κ1) is 15.9. The van der Waals surface area contributed by atoms with E-state index in [1.165, 1.54) is 0 Å². The van der Waals surface area contributed by atoms with Crippen LogP contribution >= 0.6 is 0 Å². The first-order chi connectivity index (χ1) is 14.2. The van der Waals surface area contributed by atoms with Crippen molar-refractivity contribution in [1.29, 1.82) is 0 Å². The van der Waals surface area contributed by atoms with Crippen molar-refractivity contribution in [2.75, 3.05) is 5.73 Å². The summed E-state index contributed by atoms with van der Waals surface area (Å²) in [6, 6.07) is 16.0. The third-order valence-corrected chi connectivity index (χ3v) is 5.33. The zero-order valence-corrected chi connectivity index (χ0v) is 15.7. The van der Waals surface area contributed by atoms with E-state index in [2.05, 4.69) is 16.0 Å². The number of aryl methyl sites for hydroxylation is 1. The van der Waals surface area contributed by atoms with E-state index in [9.17, 15) is 0 Å². The van der Waals surface area contributed by atoms with E-state index in [0.717, 1.165) is 44.5 Å². The summed E-state index contributed by atoms with van der Waals surface area (Å²) in [5.41, 5.74) is 12.7. The molecule has 6 rings (SSSR count). The Morgan fingerprint density at radius 2 is 1.83 bits per heavy atom. The largest absolute Gasteiger partial charge is 0.384 e. The predicted octanol–water partition coefficient (Wildman–Crippen LogP) is 4.01. The number of hydrogen-bond donors (Lipinski definition) is 2. The molecule has 0 saturated heterocycles. The maximum absolute atomic E-state index is 6.35. The lowest BCUT2D eigenvalue weighted by Gasteiger charge is -2.03. The second-order valence-electron chi connectivity index (χ2n) is 7.14. The fraction of sp³-hybridized carbons (Fsp3) is 0.0455. The minimum absolute atomic E-state index is 0.539. The fourth-order valence-electron chi connectivity index (χ4n) is 3.97. The van der Waals surface area contributed by atoms with E-state index in [1.807, 2.05) is 66.5 Å². The number of nitrogens with zero attached hydrogens (tertiary/aromatic N) is 5. The number of benzene rings is 1. The molecule has 1 aromatic carbocycles. The SMILES string of the molecule is Cn1cc(-c2cc(N)n3nc(-c4c[nH]c5ccccc45)cc3n2)c2cccnc21. The second kappa shape index (κ2) is 5.68. The van der Waals surface area contributed by atoms with Gasteiger partial charge in [0.2, 0.25) is 0 Å². The number of nitrogens with two attached hydrogens (primary N) is 1. The van der Waals surface area contributed by atoms with Gasteiger partial charge in [0, 0.05) is 65.2 Å². The number of nitrogens with one attached hydrogen (secondary N) is 1. The van der Waals surface area contributed by atoms with Crippen molar-refractivity contribution in [2.24, 2.45) is 7.05 Å². The zero-order valence-electron chi connectivity index (χ0n) is 15.7. The van der Waals surface area contributed by atoms with Gasteiger partial charge in [0.15, 0.2) is 5.65 Å². The molecule has 0 atom stereocenters. The van der Waals surface area contributed by atoms with Gasteiger partial charge in [-0.2, -0.15) is 9.61 Å². The lowest BCUT2D eigenvalue weighted by atomic mass is 10.1. The smallest absolute Gasteiger partial charge is 0.158 e.